The Morgan fingerprint density at radius 3 is 2.56 bits per heavy atom. The van der Waals surface area contributed by atoms with Gasteiger partial charge in [-0.25, -0.2) is 0 Å². The number of anilines is 1. The van der Waals surface area contributed by atoms with Crippen molar-refractivity contribution in [3.63, 3.8) is 0 Å². The fourth-order valence-corrected chi connectivity index (χ4v) is 2.68. The molecule has 1 aromatic rings. The number of nitrogens with one attached hydrogen (secondary N) is 2. The van der Waals surface area contributed by atoms with Crippen molar-refractivity contribution in [2.45, 2.75) is 25.1 Å². The standard InChI is InChI=1S/C16H20F3N3O3/c1-25-12-6-4-11(5-7-12)21-14(23)9-22-8-2-3-13(22)15(24)20-10-16(17,18)19/h4-7,13H,2-3,8-10H2,1H3,(H,20,24)(H,21,23)/t13-/m1/s1. The monoisotopic (exact) mass is 359 g/mol. The molecule has 0 spiro atoms. The van der Waals surface area contributed by atoms with Gasteiger partial charge < -0.3 is 15.4 Å². The number of halogens is 3. The van der Waals surface area contributed by atoms with Crippen LogP contribution in [0.15, 0.2) is 24.3 Å². The molecule has 0 radical (unpaired) electrons. The van der Waals surface area contributed by atoms with E-state index < -0.39 is 24.7 Å². The Kier molecular flexibility index (Phi) is 6.24. The molecule has 9 heteroatoms. The highest BCUT2D eigenvalue weighted by Crippen LogP contribution is 2.19. The summed E-state index contributed by atoms with van der Waals surface area (Å²) in [4.78, 5) is 25.6. The molecule has 1 aromatic carbocycles. The molecular weight excluding hydrogens is 339 g/mol. The fraction of sp³-hybridized carbons (Fsp3) is 0.500. The van der Waals surface area contributed by atoms with E-state index in [-0.39, 0.29) is 12.5 Å². The number of methoxy groups -OCH3 is 1. The van der Waals surface area contributed by atoms with E-state index in [1.54, 1.807) is 29.2 Å². The van der Waals surface area contributed by atoms with E-state index >= 15 is 0 Å². The van der Waals surface area contributed by atoms with Crippen LogP contribution >= 0.6 is 0 Å². The number of nitrogens with zero attached hydrogens (tertiary/aromatic N) is 1. The minimum atomic E-state index is -4.45. The normalized spacial score (nSPS) is 18.0. The second-order valence-corrected chi connectivity index (χ2v) is 5.74. The van der Waals surface area contributed by atoms with Crippen LogP contribution in [0.25, 0.3) is 0 Å². The highest BCUT2D eigenvalue weighted by atomic mass is 19.4. The van der Waals surface area contributed by atoms with Gasteiger partial charge in [0.2, 0.25) is 11.8 Å². The average molecular weight is 359 g/mol. The van der Waals surface area contributed by atoms with Gasteiger partial charge in [0.25, 0.3) is 0 Å². The minimum Gasteiger partial charge on any atom is -0.497 e. The summed E-state index contributed by atoms with van der Waals surface area (Å²) in [5.74, 6) is -0.383. The zero-order valence-electron chi connectivity index (χ0n) is 13.7. The molecule has 1 saturated heterocycles. The summed E-state index contributed by atoms with van der Waals surface area (Å²) in [6, 6.07) is 6.02. The van der Waals surface area contributed by atoms with Gasteiger partial charge in [-0.2, -0.15) is 13.2 Å². The first-order valence-electron chi connectivity index (χ1n) is 7.81. The van der Waals surface area contributed by atoms with Crippen molar-refractivity contribution in [1.29, 1.82) is 0 Å². The lowest BCUT2D eigenvalue weighted by Crippen LogP contribution is -2.47. The molecule has 2 rings (SSSR count). The highest BCUT2D eigenvalue weighted by Gasteiger charge is 2.34. The van der Waals surface area contributed by atoms with Crippen LogP contribution in [0.1, 0.15) is 12.8 Å². The number of carbonyl (C=O) groups is 2. The summed E-state index contributed by atoms with van der Waals surface area (Å²) in [5.41, 5.74) is 0.572. The van der Waals surface area contributed by atoms with E-state index in [1.807, 2.05) is 5.32 Å². The molecule has 2 amide bonds. The second kappa shape index (κ2) is 8.19. The maximum atomic E-state index is 12.2. The maximum Gasteiger partial charge on any atom is 0.405 e. The van der Waals surface area contributed by atoms with Gasteiger partial charge in [-0.15, -0.1) is 0 Å². The van der Waals surface area contributed by atoms with Crippen molar-refractivity contribution in [2.75, 3.05) is 32.1 Å². The van der Waals surface area contributed by atoms with Gasteiger partial charge in [0.1, 0.15) is 12.3 Å². The third-order valence-corrected chi connectivity index (χ3v) is 3.85. The third-order valence-electron chi connectivity index (χ3n) is 3.85. The molecule has 138 valence electrons. The van der Waals surface area contributed by atoms with Crippen molar-refractivity contribution in [3.05, 3.63) is 24.3 Å². The highest BCUT2D eigenvalue weighted by molar-refractivity contribution is 5.93. The van der Waals surface area contributed by atoms with Crippen LogP contribution in [-0.2, 0) is 9.59 Å². The van der Waals surface area contributed by atoms with Gasteiger partial charge in [0.05, 0.1) is 19.7 Å². The molecule has 6 nitrogen and oxygen atoms in total. The molecule has 1 aliphatic rings. The van der Waals surface area contributed by atoms with Gasteiger partial charge in [0, 0.05) is 5.69 Å². The number of ether oxygens (including phenoxy) is 1. The summed E-state index contributed by atoms with van der Waals surface area (Å²) in [5, 5.41) is 4.57. The predicted octanol–water partition coefficient (Wildman–Crippen LogP) is 1.78. The van der Waals surface area contributed by atoms with Crippen LogP contribution in [-0.4, -0.2) is 55.7 Å². The average Bonchev–Trinajstić information content (AvgIpc) is 3.00. The van der Waals surface area contributed by atoms with Gasteiger partial charge >= 0.3 is 6.18 Å². The minimum absolute atomic E-state index is 0.0594. The molecule has 0 aromatic heterocycles. The Balaban J connectivity index is 1.86. The number of likely N-dealkylation sites (tertiary alicyclic amines) is 1. The number of alkyl halides is 3. The van der Waals surface area contributed by atoms with Crippen LogP contribution in [0.5, 0.6) is 5.75 Å². The SMILES string of the molecule is COc1ccc(NC(=O)CN2CCC[C@@H]2C(=O)NCC(F)(F)F)cc1. The fourth-order valence-electron chi connectivity index (χ4n) is 2.68. The first-order valence-corrected chi connectivity index (χ1v) is 7.81. The van der Waals surface area contributed by atoms with Crippen molar-refractivity contribution in [3.8, 4) is 5.75 Å². The number of amides is 2. The second-order valence-electron chi connectivity index (χ2n) is 5.74. The van der Waals surface area contributed by atoms with Crippen molar-refractivity contribution in [2.24, 2.45) is 0 Å². The molecule has 1 fully saturated rings. The molecule has 2 N–H and O–H groups in total. The number of hydrogen-bond acceptors (Lipinski definition) is 4. The number of benzene rings is 1. The van der Waals surface area contributed by atoms with Crippen LogP contribution < -0.4 is 15.4 Å². The van der Waals surface area contributed by atoms with Crippen LogP contribution in [0, 0.1) is 0 Å². The largest absolute Gasteiger partial charge is 0.497 e. The first kappa shape index (κ1) is 19.0. The van der Waals surface area contributed by atoms with E-state index in [1.165, 1.54) is 7.11 Å². The molecule has 0 bridgehead atoms. The van der Waals surface area contributed by atoms with Crippen molar-refractivity contribution in [1.82, 2.24) is 10.2 Å². The lowest BCUT2D eigenvalue weighted by atomic mass is 10.2. The molecule has 1 heterocycles. The van der Waals surface area contributed by atoms with E-state index in [9.17, 15) is 22.8 Å². The molecular formula is C16H20F3N3O3. The van der Waals surface area contributed by atoms with E-state index in [4.69, 9.17) is 4.74 Å². The van der Waals surface area contributed by atoms with E-state index in [0.717, 1.165) is 0 Å². The summed E-state index contributed by atoms with van der Waals surface area (Å²) in [6.07, 6.45) is -3.37. The first-order chi connectivity index (χ1) is 11.8. The molecule has 1 aliphatic heterocycles. The molecule has 0 aliphatic carbocycles. The van der Waals surface area contributed by atoms with Gasteiger partial charge in [-0.3, -0.25) is 14.5 Å². The Bertz CT molecular complexity index is 605. The predicted molar refractivity (Wildman–Crippen MR) is 85.3 cm³/mol. The zero-order valence-corrected chi connectivity index (χ0v) is 13.7. The Morgan fingerprint density at radius 1 is 1.28 bits per heavy atom. The zero-order chi connectivity index (χ0) is 18.4. The Labute approximate surface area is 143 Å². The Morgan fingerprint density at radius 2 is 1.96 bits per heavy atom. The summed E-state index contributed by atoms with van der Waals surface area (Å²) < 4.78 is 41.6. The summed E-state index contributed by atoms with van der Waals surface area (Å²) in [7, 11) is 1.53. The van der Waals surface area contributed by atoms with Crippen LogP contribution in [0.2, 0.25) is 0 Å². The quantitative estimate of drug-likeness (QED) is 0.812. The van der Waals surface area contributed by atoms with Gasteiger partial charge in [-0.1, -0.05) is 0 Å². The lowest BCUT2D eigenvalue weighted by Gasteiger charge is -2.23. The van der Waals surface area contributed by atoms with E-state index in [0.29, 0.717) is 30.8 Å². The summed E-state index contributed by atoms with van der Waals surface area (Å²) >= 11 is 0. The van der Waals surface area contributed by atoms with Crippen molar-refractivity contribution < 1.29 is 27.5 Å². The third kappa shape index (κ3) is 5.93. The van der Waals surface area contributed by atoms with Crippen LogP contribution in [0.3, 0.4) is 0 Å². The van der Waals surface area contributed by atoms with Crippen LogP contribution in [0.4, 0.5) is 18.9 Å². The molecule has 0 saturated carbocycles. The lowest BCUT2D eigenvalue weighted by molar-refractivity contribution is -0.141. The van der Waals surface area contributed by atoms with E-state index in [2.05, 4.69) is 5.32 Å². The topological polar surface area (TPSA) is 70.7 Å². The molecule has 0 unspecified atom stereocenters. The van der Waals surface area contributed by atoms with Gasteiger partial charge in [0.15, 0.2) is 0 Å². The molecule has 1 atom stereocenters. The smallest absolute Gasteiger partial charge is 0.405 e. The van der Waals surface area contributed by atoms with Crippen molar-refractivity contribution >= 4 is 17.5 Å². The summed E-state index contributed by atoms with van der Waals surface area (Å²) in [6.45, 7) is -0.940. The maximum absolute atomic E-state index is 12.2. The molecule has 25 heavy (non-hydrogen) atoms. The number of hydrogen-bond donors (Lipinski definition) is 2. The van der Waals surface area contributed by atoms with Gasteiger partial charge in [-0.05, 0) is 43.7 Å². The number of carbonyl (C=O) groups excluding carboxylic acids is 2. The Hall–Kier alpha value is -2.29. The number of rotatable bonds is 6.